The van der Waals surface area contributed by atoms with Crippen molar-refractivity contribution in [2.24, 2.45) is 0 Å². The van der Waals surface area contributed by atoms with Gasteiger partial charge in [-0.3, -0.25) is 4.79 Å². The van der Waals surface area contributed by atoms with E-state index in [9.17, 15) is 22.0 Å². The molecule has 0 aliphatic rings. The van der Waals surface area contributed by atoms with E-state index < -0.39 is 26.7 Å². The van der Waals surface area contributed by atoms with Gasteiger partial charge < -0.3 is 9.47 Å². The summed E-state index contributed by atoms with van der Waals surface area (Å²) >= 11 is 0. The van der Waals surface area contributed by atoms with Crippen LogP contribution < -0.4 is 9.47 Å². The molecule has 3 aromatic rings. The van der Waals surface area contributed by atoms with E-state index in [2.05, 4.69) is 4.98 Å². The zero-order chi connectivity index (χ0) is 20.5. The Kier molecular flexibility index (Phi) is 5.14. The van der Waals surface area contributed by atoms with Crippen molar-refractivity contribution in [2.75, 3.05) is 14.2 Å². The molecule has 3 rings (SSSR count). The van der Waals surface area contributed by atoms with Gasteiger partial charge in [0, 0.05) is 23.9 Å². The zero-order valence-corrected chi connectivity index (χ0v) is 15.5. The normalized spacial score (nSPS) is 11.3. The van der Waals surface area contributed by atoms with Crippen molar-refractivity contribution < 1.29 is 31.5 Å². The standard InChI is InChI=1S/C18H14F2N2O5S/c1-26-15-4-3-5-16(21-15)28(24,25)22-9-11(10-23)18(27-2)17(22)13-7-6-12(19)8-14(13)20/h3-10H,1-2H3. The maximum Gasteiger partial charge on any atom is 0.285 e. The number of pyridine rings is 1. The van der Waals surface area contributed by atoms with E-state index in [1.54, 1.807) is 0 Å². The number of aromatic nitrogens is 2. The molecule has 7 nitrogen and oxygen atoms in total. The van der Waals surface area contributed by atoms with Gasteiger partial charge in [0.2, 0.25) is 5.88 Å². The first-order chi connectivity index (χ1) is 13.3. The molecule has 0 unspecified atom stereocenters. The first-order valence-electron chi connectivity index (χ1n) is 7.80. The summed E-state index contributed by atoms with van der Waals surface area (Å²) in [6.45, 7) is 0. The lowest BCUT2D eigenvalue weighted by Crippen LogP contribution is -2.15. The van der Waals surface area contributed by atoms with Crippen LogP contribution in [0.15, 0.2) is 47.6 Å². The third-order valence-electron chi connectivity index (χ3n) is 3.90. The van der Waals surface area contributed by atoms with Gasteiger partial charge in [0.1, 0.15) is 17.3 Å². The van der Waals surface area contributed by atoms with Crippen LogP contribution in [-0.2, 0) is 10.0 Å². The lowest BCUT2D eigenvalue weighted by atomic mass is 10.1. The molecule has 0 atom stereocenters. The largest absolute Gasteiger partial charge is 0.494 e. The topological polar surface area (TPSA) is 87.5 Å². The Morgan fingerprint density at radius 3 is 2.46 bits per heavy atom. The second-order valence-electron chi connectivity index (χ2n) is 5.53. The highest BCUT2D eigenvalue weighted by Gasteiger charge is 2.29. The molecule has 0 radical (unpaired) electrons. The molecule has 2 heterocycles. The third-order valence-corrected chi connectivity index (χ3v) is 5.46. The molecule has 0 fully saturated rings. The van der Waals surface area contributed by atoms with Crippen molar-refractivity contribution in [3.63, 3.8) is 0 Å². The van der Waals surface area contributed by atoms with Crippen LogP contribution in [0.25, 0.3) is 11.3 Å². The number of hydrogen-bond acceptors (Lipinski definition) is 6. The Bertz CT molecular complexity index is 1160. The van der Waals surface area contributed by atoms with Crippen molar-refractivity contribution in [1.29, 1.82) is 0 Å². The Balaban J connectivity index is 2.34. The molecule has 0 N–H and O–H groups in total. The zero-order valence-electron chi connectivity index (χ0n) is 14.7. The van der Waals surface area contributed by atoms with Gasteiger partial charge in [-0.1, -0.05) is 6.07 Å². The fourth-order valence-corrected chi connectivity index (χ4v) is 3.98. The van der Waals surface area contributed by atoms with Crippen molar-refractivity contribution in [3.05, 3.63) is 59.8 Å². The van der Waals surface area contributed by atoms with Gasteiger partial charge in [-0.25, -0.2) is 12.8 Å². The number of hydrogen-bond donors (Lipinski definition) is 0. The van der Waals surface area contributed by atoms with Crippen LogP contribution in [-0.4, -0.2) is 37.9 Å². The van der Waals surface area contributed by atoms with Crippen LogP contribution >= 0.6 is 0 Å². The van der Waals surface area contributed by atoms with E-state index in [4.69, 9.17) is 9.47 Å². The summed E-state index contributed by atoms with van der Waals surface area (Å²) in [4.78, 5) is 15.3. The number of methoxy groups -OCH3 is 2. The average Bonchev–Trinajstić information content (AvgIpc) is 3.07. The molecule has 0 saturated carbocycles. The molecule has 2 aromatic heterocycles. The Hall–Kier alpha value is -3.27. The van der Waals surface area contributed by atoms with E-state index in [-0.39, 0.29) is 28.5 Å². The fraction of sp³-hybridized carbons (Fsp3) is 0.111. The minimum atomic E-state index is -4.37. The number of halogens is 2. The van der Waals surface area contributed by atoms with E-state index >= 15 is 0 Å². The second kappa shape index (κ2) is 7.39. The molecule has 0 spiro atoms. The molecule has 146 valence electrons. The van der Waals surface area contributed by atoms with E-state index in [0.29, 0.717) is 16.3 Å². The minimum absolute atomic E-state index is 0.0466. The van der Waals surface area contributed by atoms with E-state index in [1.807, 2.05) is 0 Å². The fourth-order valence-electron chi connectivity index (χ4n) is 2.65. The summed E-state index contributed by atoms with van der Waals surface area (Å²) in [6, 6.07) is 6.71. The highest BCUT2D eigenvalue weighted by molar-refractivity contribution is 7.90. The van der Waals surface area contributed by atoms with Crippen LogP contribution in [0.2, 0.25) is 0 Å². The molecular formula is C18H14F2N2O5S. The lowest BCUT2D eigenvalue weighted by molar-refractivity contribution is 0.112. The summed E-state index contributed by atoms with van der Waals surface area (Å²) in [6.07, 6.45) is 1.36. The quantitative estimate of drug-likeness (QED) is 0.583. The van der Waals surface area contributed by atoms with Crippen LogP contribution in [0.4, 0.5) is 8.78 Å². The Labute approximate surface area is 159 Å². The SMILES string of the molecule is COc1cccc(S(=O)(=O)n2cc(C=O)c(OC)c2-c2ccc(F)cc2F)n1. The van der Waals surface area contributed by atoms with Crippen molar-refractivity contribution in [2.45, 2.75) is 5.03 Å². The molecule has 0 aliphatic heterocycles. The molecular weight excluding hydrogens is 394 g/mol. The number of ether oxygens (including phenoxy) is 2. The maximum atomic E-state index is 14.4. The van der Waals surface area contributed by atoms with Gasteiger partial charge in [0.25, 0.3) is 10.0 Å². The third kappa shape index (κ3) is 3.22. The number of carbonyl (C=O) groups is 1. The van der Waals surface area contributed by atoms with Gasteiger partial charge >= 0.3 is 0 Å². The number of aldehydes is 1. The molecule has 28 heavy (non-hydrogen) atoms. The van der Waals surface area contributed by atoms with Crippen LogP contribution in [0.3, 0.4) is 0 Å². The maximum absolute atomic E-state index is 14.4. The highest BCUT2D eigenvalue weighted by atomic mass is 32.2. The summed E-state index contributed by atoms with van der Waals surface area (Å²) in [5, 5.41) is -0.397. The van der Waals surface area contributed by atoms with E-state index in [1.165, 1.54) is 32.4 Å². The predicted molar refractivity (Wildman–Crippen MR) is 95.1 cm³/mol. The van der Waals surface area contributed by atoms with Crippen LogP contribution in [0.5, 0.6) is 11.6 Å². The first-order valence-corrected chi connectivity index (χ1v) is 9.24. The van der Waals surface area contributed by atoms with Gasteiger partial charge in [-0.05, 0) is 18.2 Å². The minimum Gasteiger partial charge on any atom is -0.494 e. The number of carbonyl (C=O) groups excluding carboxylic acids is 1. The summed E-state index contributed by atoms with van der Waals surface area (Å²) in [7, 11) is -1.85. The number of benzene rings is 1. The number of rotatable bonds is 6. The summed E-state index contributed by atoms with van der Waals surface area (Å²) in [5.41, 5.74) is -0.669. The van der Waals surface area contributed by atoms with Crippen molar-refractivity contribution in [3.8, 4) is 22.9 Å². The van der Waals surface area contributed by atoms with Gasteiger partial charge in [-0.2, -0.15) is 13.4 Å². The van der Waals surface area contributed by atoms with Gasteiger partial charge in [0.15, 0.2) is 17.1 Å². The Morgan fingerprint density at radius 2 is 1.86 bits per heavy atom. The predicted octanol–water partition coefficient (Wildman–Crippen LogP) is 2.90. The second-order valence-corrected chi connectivity index (χ2v) is 7.29. The van der Waals surface area contributed by atoms with Gasteiger partial charge in [0.05, 0.1) is 19.8 Å². The number of nitrogens with zero attached hydrogens (tertiary/aromatic N) is 2. The van der Waals surface area contributed by atoms with Gasteiger partial charge in [-0.15, -0.1) is 0 Å². The smallest absolute Gasteiger partial charge is 0.285 e. The molecule has 1 aromatic carbocycles. The first kappa shape index (κ1) is 19.5. The monoisotopic (exact) mass is 408 g/mol. The molecule has 0 bridgehead atoms. The average molecular weight is 408 g/mol. The Morgan fingerprint density at radius 1 is 1.11 bits per heavy atom. The molecule has 10 heteroatoms. The summed E-state index contributed by atoms with van der Waals surface area (Å²) in [5.74, 6) is -1.99. The van der Waals surface area contributed by atoms with Crippen LogP contribution in [0, 0.1) is 11.6 Å². The van der Waals surface area contributed by atoms with Crippen molar-refractivity contribution in [1.82, 2.24) is 8.96 Å². The molecule has 0 aliphatic carbocycles. The van der Waals surface area contributed by atoms with E-state index in [0.717, 1.165) is 18.3 Å². The molecule has 0 saturated heterocycles. The molecule has 0 amide bonds. The summed E-state index contributed by atoms with van der Waals surface area (Å²) < 4.78 is 64.8. The van der Waals surface area contributed by atoms with Crippen LogP contribution in [0.1, 0.15) is 10.4 Å². The highest BCUT2D eigenvalue weighted by Crippen LogP contribution is 2.38. The lowest BCUT2D eigenvalue weighted by Gasteiger charge is -2.13. The van der Waals surface area contributed by atoms with Crippen molar-refractivity contribution >= 4 is 16.3 Å².